The number of carboxylic acid groups (broad SMARTS) is 1. The van der Waals surface area contributed by atoms with Gasteiger partial charge >= 0.3 is 0 Å². The van der Waals surface area contributed by atoms with Crippen molar-refractivity contribution in [3.05, 3.63) is 47.5 Å². The molecule has 2 amide bonds. The molecule has 1 aliphatic rings. The maximum absolute atomic E-state index is 12.5. The molecule has 0 saturated carbocycles. The Hall–Kier alpha value is -3.16. The summed E-state index contributed by atoms with van der Waals surface area (Å²) < 4.78 is 2.00. The van der Waals surface area contributed by atoms with E-state index in [1.807, 2.05) is 41.6 Å². The second-order valence-corrected chi connectivity index (χ2v) is 6.82. The number of rotatable bonds is 6. The monoisotopic (exact) mass is 400 g/mol. The molecule has 1 aromatic heterocycles. The van der Waals surface area contributed by atoms with Crippen LogP contribution in [0.4, 0.5) is 5.69 Å². The lowest BCUT2D eigenvalue weighted by atomic mass is 10.1. The summed E-state index contributed by atoms with van der Waals surface area (Å²) in [6.07, 6.45) is 7.05. The van der Waals surface area contributed by atoms with Crippen LogP contribution in [-0.2, 0) is 22.6 Å². The highest BCUT2D eigenvalue weighted by Crippen LogP contribution is 2.20. The van der Waals surface area contributed by atoms with Crippen LogP contribution in [0.2, 0.25) is 0 Å². The smallest absolute Gasteiger partial charge is 0.290 e. The summed E-state index contributed by atoms with van der Waals surface area (Å²) in [4.78, 5) is 39.2. The van der Waals surface area contributed by atoms with Gasteiger partial charge in [0.25, 0.3) is 12.4 Å². The van der Waals surface area contributed by atoms with Gasteiger partial charge in [-0.05, 0) is 43.5 Å². The fraction of sp³-hybridized carbons (Fsp3) is 0.429. The highest BCUT2D eigenvalue weighted by molar-refractivity contribution is 5.96. The van der Waals surface area contributed by atoms with Crippen LogP contribution in [0.1, 0.15) is 47.9 Å². The number of aromatic nitrogens is 2. The van der Waals surface area contributed by atoms with Crippen molar-refractivity contribution >= 4 is 24.0 Å². The molecule has 0 radical (unpaired) electrons. The van der Waals surface area contributed by atoms with Crippen LogP contribution in [0.5, 0.6) is 0 Å². The van der Waals surface area contributed by atoms with Crippen LogP contribution >= 0.6 is 0 Å². The zero-order valence-corrected chi connectivity index (χ0v) is 16.9. The molecular weight excluding hydrogens is 372 g/mol. The number of likely N-dealkylation sites (tertiary alicyclic amines) is 1. The number of carbonyl (C=O) groups excluding carboxylic acids is 2. The Bertz CT molecular complexity index is 841. The van der Waals surface area contributed by atoms with Crippen molar-refractivity contribution in [2.24, 2.45) is 0 Å². The van der Waals surface area contributed by atoms with Gasteiger partial charge < -0.3 is 19.9 Å². The van der Waals surface area contributed by atoms with Gasteiger partial charge in [0.15, 0.2) is 0 Å². The van der Waals surface area contributed by atoms with E-state index in [9.17, 15) is 9.59 Å². The van der Waals surface area contributed by atoms with Gasteiger partial charge in [-0.15, -0.1) is 0 Å². The van der Waals surface area contributed by atoms with Gasteiger partial charge in [-0.1, -0.05) is 6.92 Å². The summed E-state index contributed by atoms with van der Waals surface area (Å²) in [6, 6.07) is 5.49. The Morgan fingerprint density at radius 3 is 2.59 bits per heavy atom. The van der Waals surface area contributed by atoms with E-state index in [0.717, 1.165) is 49.4 Å². The number of nitrogens with zero attached hydrogens (tertiary/aromatic N) is 3. The van der Waals surface area contributed by atoms with E-state index in [2.05, 4.69) is 10.3 Å². The maximum Gasteiger partial charge on any atom is 0.290 e. The highest BCUT2D eigenvalue weighted by atomic mass is 16.3. The molecule has 2 aromatic rings. The molecule has 8 heteroatoms. The Morgan fingerprint density at radius 1 is 1.28 bits per heavy atom. The summed E-state index contributed by atoms with van der Waals surface area (Å²) in [5.74, 6) is 1.02. The lowest BCUT2D eigenvalue weighted by Gasteiger charge is -2.16. The van der Waals surface area contributed by atoms with E-state index in [4.69, 9.17) is 9.90 Å². The maximum atomic E-state index is 12.5. The van der Waals surface area contributed by atoms with Crippen molar-refractivity contribution in [2.45, 2.75) is 46.1 Å². The van der Waals surface area contributed by atoms with Crippen LogP contribution in [0.15, 0.2) is 30.6 Å². The molecule has 2 heterocycles. The zero-order valence-electron chi connectivity index (χ0n) is 16.9. The molecular formula is C21H28N4O4. The standard InChI is InChI=1S/C20H26N4O2.CH2O2/c1-3-18-21-9-13-23(18)12-8-19(25)22-17-7-6-16(14-15(17)2)20(26)24-10-4-5-11-24;2-1-3/h6-7,9,13-14H,3-5,8,10-12H2,1-2H3,(H,22,25);1H,(H,2,3). The number of hydrogen-bond acceptors (Lipinski definition) is 4. The van der Waals surface area contributed by atoms with Gasteiger partial charge in [0, 0.05) is 56.1 Å². The average Bonchev–Trinajstić information content (AvgIpc) is 3.39. The summed E-state index contributed by atoms with van der Waals surface area (Å²) in [5.41, 5.74) is 2.35. The van der Waals surface area contributed by atoms with E-state index in [1.165, 1.54) is 0 Å². The van der Waals surface area contributed by atoms with Gasteiger partial charge in [-0.25, -0.2) is 4.98 Å². The van der Waals surface area contributed by atoms with Crippen molar-refractivity contribution in [1.29, 1.82) is 0 Å². The predicted molar refractivity (Wildman–Crippen MR) is 110 cm³/mol. The molecule has 1 aromatic carbocycles. The number of carbonyl (C=O) groups is 3. The molecule has 0 bridgehead atoms. The first-order chi connectivity index (χ1) is 14.0. The van der Waals surface area contributed by atoms with Crippen molar-refractivity contribution < 1.29 is 19.5 Å². The fourth-order valence-electron chi connectivity index (χ4n) is 3.33. The van der Waals surface area contributed by atoms with Crippen molar-refractivity contribution in [1.82, 2.24) is 14.5 Å². The minimum Gasteiger partial charge on any atom is -0.483 e. The van der Waals surface area contributed by atoms with E-state index in [-0.39, 0.29) is 18.3 Å². The van der Waals surface area contributed by atoms with Crippen molar-refractivity contribution in [2.75, 3.05) is 18.4 Å². The predicted octanol–water partition coefficient (Wildman–Crippen LogP) is 2.72. The SMILES string of the molecule is CCc1nccn1CCC(=O)Nc1ccc(C(=O)N2CCCC2)cc1C.O=CO. The summed E-state index contributed by atoms with van der Waals surface area (Å²) in [7, 11) is 0. The third-order valence-corrected chi connectivity index (χ3v) is 4.84. The number of amides is 2. The van der Waals surface area contributed by atoms with Gasteiger partial charge in [0.1, 0.15) is 5.82 Å². The van der Waals surface area contributed by atoms with Crippen LogP contribution in [0, 0.1) is 6.92 Å². The molecule has 1 aliphatic heterocycles. The first kappa shape index (κ1) is 22.1. The first-order valence-corrected chi connectivity index (χ1v) is 9.77. The normalized spacial score (nSPS) is 12.8. The van der Waals surface area contributed by atoms with Crippen molar-refractivity contribution in [3.63, 3.8) is 0 Å². The minimum absolute atomic E-state index is 0.0394. The number of imidazole rings is 1. The van der Waals surface area contributed by atoms with E-state index >= 15 is 0 Å². The molecule has 1 fully saturated rings. The molecule has 0 unspecified atom stereocenters. The molecule has 0 aliphatic carbocycles. The third kappa shape index (κ3) is 6.17. The van der Waals surface area contributed by atoms with Gasteiger partial charge in [0.05, 0.1) is 0 Å². The van der Waals surface area contributed by atoms with Crippen LogP contribution in [0.3, 0.4) is 0 Å². The van der Waals surface area contributed by atoms with Gasteiger partial charge in [-0.3, -0.25) is 14.4 Å². The quantitative estimate of drug-likeness (QED) is 0.726. The Balaban J connectivity index is 0.000000941. The van der Waals surface area contributed by atoms with Gasteiger partial charge in [-0.2, -0.15) is 0 Å². The van der Waals surface area contributed by atoms with E-state index < -0.39 is 0 Å². The third-order valence-electron chi connectivity index (χ3n) is 4.84. The Kier molecular flexibility index (Phi) is 8.39. The second-order valence-electron chi connectivity index (χ2n) is 6.82. The van der Waals surface area contributed by atoms with E-state index in [1.54, 1.807) is 12.3 Å². The number of nitrogens with one attached hydrogen (secondary N) is 1. The fourth-order valence-corrected chi connectivity index (χ4v) is 3.33. The molecule has 3 rings (SSSR count). The number of aryl methyl sites for hydroxylation is 3. The molecule has 8 nitrogen and oxygen atoms in total. The summed E-state index contributed by atoms with van der Waals surface area (Å²) in [6.45, 7) is 6.00. The number of anilines is 1. The highest BCUT2D eigenvalue weighted by Gasteiger charge is 2.20. The molecule has 0 spiro atoms. The average molecular weight is 400 g/mol. The van der Waals surface area contributed by atoms with Crippen LogP contribution in [-0.4, -0.2) is 50.9 Å². The molecule has 0 atom stereocenters. The lowest BCUT2D eigenvalue weighted by molar-refractivity contribution is -0.123. The number of benzene rings is 1. The van der Waals surface area contributed by atoms with Crippen LogP contribution < -0.4 is 5.32 Å². The Labute approximate surface area is 170 Å². The Morgan fingerprint density at radius 2 is 1.97 bits per heavy atom. The topological polar surface area (TPSA) is 105 Å². The molecule has 2 N–H and O–H groups in total. The van der Waals surface area contributed by atoms with Gasteiger partial charge in [0.2, 0.25) is 5.91 Å². The molecule has 156 valence electrons. The summed E-state index contributed by atoms with van der Waals surface area (Å²) in [5, 5.41) is 9.84. The van der Waals surface area contributed by atoms with Crippen molar-refractivity contribution in [3.8, 4) is 0 Å². The van der Waals surface area contributed by atoms with Crippen LogP contribution in [0.25, 0.3) is 0 Å². The molecule has 29 heavy (non-hydrogen) atoms. The van der Waals surface area contributed by atoms with E-state index in [0.29, 0.717) is 18.5 Å². The first-order valence-electron chi connectivity index (χ1n) is 9.77. The minimum atomic E-state index is -0.250. The number of hydrogen-bond donors (Lipinski definition) is 2. The lowest BCUT2D eigenvalue weighted by Crippen LogP contribution is -2.27. The largest absolute Gasteiger partial charge is 0.483 e. The second kappa shape index (κ2) is 11.0. The summed E-state index contributed by atoms with van der Waals surface area (Å²) >= 11 is 0. The zero-order chi connectivity index (χ0) is 21.2. The molecule has 1 saturated heterocycles.